The first-order valence-corrected chi connectivity index (χ1v) is 5.14. The van der Waals surface area contributed by atoms with Crippen molar-refractivity contribution in [2.75, 3.05) is 14.2 Å². The Hall–Kier alpha value is -1.22. The molecule has 15 heavy (non-hydrogen) atoms. The maximum Gasteiger partial charge on any atom is 0.126 e. The van der Waals surface area contributed by atoms with Crippen molar-refractivity contribution in [3.05, 3.63) is 23.8 Å². The Bertz CT molecular complexity index is 343. The van der Waals surface area contributed by atoms with Crippen LogP contribution in [-0.4, -0.2) is 25.4 Å². The van der Waals surface area contributed by atoms with E-state index in [0.717, 1.165) is 24.3 Å². The van der Waals surface area contributed by atoms with Crippen molar-refractivity contribution in [3.8, 4) is 11.5 Å². The van der Waals surface area contributed by atoms with Crippen LogP contribution in [0.3, 0.4) is 0 Å². The van der Waals surface area contributed by atoms with Crippen LogP contribution < -0.4 is 9.47 Å². The first-order chi connectivity index (χ1) is 7.24. The summed E-state index contributed by atoms with van der Waals surface area (Å²) in [6, 6.07) is 5.84. The molecule has 0 unspecified atom stereocenters. The molecule has 0 saturated heterocycles. The first-order valence-electron chi connectivity index (χ1n) is 5.14. The molecule has 0 spiro atoms. The van der Waals surface area contributed by atoms with E-state index in [4.69, 9.17) is 9.47 Å². The normalized spacial score (nSPS) is 24.5. The van der Waals surface area contributed by atoms with E-state index in [1.165, 1.54) is 5.56 Å². The van der Waals surface area contributed by atoms with Gasteiger partial charge in [-0.25, -0.2) is 0 Å². The van der Waals surface area contributed by atoms with E-state index in [0.29, 0.717) is 5.92 Å². The number of hydrogen-bond donors (Lipinski definition) is 1. The Morgan fingerprint density at radius 2 is 1.93 bits per heavy atom. The number of aliphatic hydroxyl groups excluding tert-OH is 1. The molecule has 0 bridgehead atoms. The Kier molecular flexibility index (Phi) is 2.82. The zero-order chi connectivity index (χ0) is 10.8. The van der Waals surface area contributed by atoms with Gasteiger partial charge in [0.1, 0.15) is 11.5 Å². The smallest absolute Gasteiger partial charge is 0.126 e. The number of aliphatic hydroxyl groups is 1. The van der Waals surface area contributed by atoms with E-state index >= 15 is 0 Å². The molecule has 0 heterocycles. The maximum absolute atomic E-state index is 9.28. The summed E-state index contributed by atoms with van der Waals surface area (Å²) in [5, 5.41) is 9.28. The molecule has 0 atom stereocenters. The minimum absolute atomic E-state index is 0.137. The van der Waals surface area contributed by atoms with Crippen LogP contribution >= 0.6 is 0 Å². The predicted molar refractivity (Wildman–Crippen MR) is 57.5 cm³/mol. The number of ether oxygens (including phenoxy) is 2. The van der Waals surface area contributed by atoms with Crippen molar-refractivity contribution in [2.45, 2.75) is 24.9 Å². The average Bonchev–Trinajstić information content (AvgIpc) is 2.24. The second kappa shape index (κ2) is 4.11. The highest BCUT2D eigenvalue weighted by atomic mass is 16.5. The average molecular weight is 208 g/mol. The Balaban J connectivity index is 2.23. The second-order valence-corrected chi connectivity index (χ2v) is 3.93. The molecule has 82 valence electrons. The zero-order valence-electron chi connectivity index (χ0n) is 9.06. The fourth-order valence-corrected chi connectivity index (χ4v) is 2.00. The molecule has 0 aromatic heterocycles. The van der Waals surface area contributed by atoms with Gasteiger partial charge < -0.3 is 14.6 Å². The van der Waals surface area contributed by atoms with E-state index < -0.39 is 0 Å². The van der Waals surface area contributed by atoms with Crippen LogP contribution in [-0.2, 0) is 0 Å². The van der Waals surface area contributed by atoms with Crippen molar-refractivity contribution in [1.29, 1.82) is 0 Å². The van der Waals surface area contributed by atoms with Gasteiger partial charge in [0, 0.05) is 6.07 Å². The third-order valence-corrected chi connectivity index (χ3v) is 2.99. The van der Waals surface area contributed by atoms with E-state index in [1.807, 2.05) is 18.2 Å². The fraction of sp³-hybridized carbons (Fsp3) is 0.500. The highest BCUT2D eigenvalue weighted by molar-refractivity contribution is 5.43. The third-order valence-electron chi connectivity index (χ3n) is 2.99. The molecular weight excluding hydrogens is 192 g/mol. The molecule has 1 aromatic carbocycles. The van der Waals surface area contributed by atoms with Gasteiger partial charge in [-0.15, -0.1) is 0 Å². The fourth-order valence-electron chi connectivity index (χ4n) is 2.00. The minimum atomic E-state index is -0.137. The summed E-state index contributed by atoms with van der Waals surface area (Å²) in [6.45, 7) is 0. The predicted octanol–water partition coefficient (Wildman–Crippen LogP) is 1.94. The van der Waals surface area contributed by atoms with Crippen LogP contribution in [0.2, 0.25) is 0 Å². The van der Waals surface area contributed by atoms with Crippen LogP contribution in [0.4, 0.5) is 0 Å². The molecule has 1 aliphatic carbocycles. The van der Waals surface area contributed by atoms with Crippen molar-refractivity contribution >= 4 is 0 Å². The SMILES string of the molecule is COc1ccc(C2CC(O)C2)c(OC)c1. The number of benzene rings is 1. The highest BCUT2D eigenvalue weighted by Crippen LogP contribution is 2.42. The van der Waals surface area contributed by atoms with Crippen molar-refractivity contribution in [2.24, 2.45) is 0 Å². The van der Waals surface area contributed by atoms with Gasteiger partial charge in [0.2, 0.25) is 0 Å². The molecule has 1 N–H and O–H groups in total. The maximum atomic E-state index is 9.28. The molecule has 2 rings (SSSR count). The minimum Gasteiger partial charge on any atom is -0.497 e. The largest absolute Gasteiger partial charge is 0.497 e. The summed E-state index contributed by atoms with van der Waals surface area (Å²) in [5.41, 5.74) is 1.17. The van der Waals surface area contributed by atoms with E-state index in [1.54, 1.807) is 14.2 Å². The number of methoxy groups -OCH3 is 2. The number of rotatable bonds is 3. The van der Waals surface area contributed by atoms with Crippen LogP contribution in [0.25, 0.3) is 0 Å². The molecular formula is C12H16O3. The van der Waals surface area contributed by atoms with E-state index in [-0.39, 0.29) is 6.10 Å². The molecule has 0 amide bonds. The van der Waals surface area contributed by atoms with Crippen LogP contribution in [0, 0.1) is 0 Å². The molecule has 1 saturated carbocycles. The molecule has 3 heteroatoms. The van der Waals surface area contributed by atoms with Gasteiger partial charge in [0.25, 0.3) is 0 Å². The lowest BCUT2D eigenvalue weighted by Crippen LogP contribution is -2.26. The van der Waals surface area contributed by atoms with Gasteiger partial charge in [-0.05, 0) is 30.4 Å². The zero-order valence-corrected chi connectivity index (χ0v) is 9.06. The van der Waals surface area contributed by atoms with E-state index in [2.05, 4.69) is 0 Å². The van der Waals surface area contributed by atoms with Crippen molar-refractivity contribution in [3.63, 3.8) is 0 Å². The van der Waals surface area contributed by atoms with Crippen molar-refractivity contribution in [1.82, 2.24) is 0 Å². The highest BCUT2D eigenvalue weighted by Gasteiger charge is 2.30. The quantitative estimate of drug-likeness (QED) is 0.825. The molecule has 1 fully saturated rings. The van der Waals surface area contributed by atoms with Gasteiger partial charge in [-0.2, -0.15) is 0 Å². The summed E-state index contributed by atoms with van der Waals surface area (Å²) < 4.78 is 10.5. The summed E-state index contributed by atoms with van der Waals surface area (Å²) >= 11 is 0. The number of hydrogen-bond acceptors (Lipinski definition) is 3. The Labute approximate surface area is 89.6 Å². The van der Waals surface area contributed by atoms with Gasteiger partial charge in [-0.3, -0.25) is 0 Å². The lowest BCUT2D eigenvalue weighted by atomic mass is 9.77. The van der Waals surface area contributed by atoms with Gasteiger partial charge in [0.05, 0.1) is 20.3 Å². The topological polar surface area (TPSA) is 38.7 Å². The van der Waals surface area contributed by atoms with Gasteiger partial charge in [-0.1, -0.05) is 6.07 Å². The molecule has 0 aliphatic heterocycles. The monoisotopic (exact) mass is 208 g/mol. The van der Waals surface area contributed by atoms with Crippen LogP contribution in [0.1, 0.15) is 24.3 Å². The third kappa shape index (κ3) is 1.92. The molecule has 3 nitrogen and oxygen atoms in total. The summed E-state index contributed by atoms with van der Waals surface area (Å²) in [4.78, 5) is 0. The second-order valence-electron chi connectivity index (χ2n) is 3.93. The molecule has 0 radical (unpaired) electrons. The van der Waals surface area contributed by atoms with Crippen LogP contribution in [0.15, 0.2) is 18.2 Å². The first kappa shape index (κ1) is 10.3. The summed E-state index contributed by atoms with van der Waals surface area (Å²) in [5.74, 6) is 2.09. The van der Waals surface area contributed by atoms with Gasteiger partial charge >= 0.3 is 0 Å². The van der Waals surface area contributed by atoms with Crippen molar-refractivity contribution < 1.29 is 14.6 Å². The van der Waals surface area contributed by atoms with Gasteiger partial charge in [0.15, 0.2) is 0 Å². The summed E-state index contributed by atoms with van der Waals surface area (Å²) in [6.07, 6.45) is 1.53. The van der Waals surface area contributed by atoms with Crippen LogP contribution in [0.5, 0.6) is 11.5 Å². The lowest BCUT2D eigenvalue weighted by molar-refractivity contribution is 0.0738. The Morgan fingerprint density at radius 3 is 2.47 bits per heavy atom. The standard InChI is InChI=1S/C12H16O3/c1-14-10-3-4-11(12(7-10)15-2)8-5-9(13)6-8/h3-4,7-9,13H,5-6H2,1-2H3. The molecule has 1 aliphatic rings. The summed E-state index contributed by atoms with van der Waals surface area (Å²) in [7, 11) is 3.30. The Morgan fingerprint density at radius 1 is 1.20 bits per heavy atom. The van der Waals surface area contributed by atoms with E-state index in [9.17, 15) is 5.11 Å². The molecule has 1 aromatic rings. The lowest BCUT2D eigenvalue weighted by Gasteiger charge is -2.32.